The Morgan fingerprint density at radius 2 is 1.80 bits per heavy atom. The number of carbonyl (C=O) groups excluding carboxylic acids is 1. The fourth-order valence-corrected chi connectivity index (χ4v) is 3.98. The predicted molar refractivity (Wildman–Crippen MR) is 115 cm³/mol. The van der Waals surface area contributed by atoms with Crippen LogP contribution in [0.3, 0.4) is 0 Å². The Labute approximate surface area is 180 Å². The third-order valence-corrected chi connectivity index (χ3v) is 5.78. The number of carbonyl (C=O) groups is 1. The molecule has 4 rings (SSSR count). The van der Waals surface area contributed by atoms with Crippen LogP contribution in [0.15, 0.2) is 42.5 Å². The maximum absolute atomic E-state index is 14.3. The first-order valence-electron chi connectivity index (χ1n) is 9.98. The number of methoxy groups -OCH3 is 1. The minimum Gasteiger partial charge on any atom is -0.497 e. The van der Waals surface area contributed by atoms with Gasteiger partial charge in [-0.2, -0.15) is 0 Å². The largest absolute Gasteiger partial charge is 0.497 e. The SMILES string of the molecule is COc1ccc(-n2c(-c3ccc(C)c(F)c3)nc(C(=O)N3CCCCC3)c2Cl)cc1. The zero-order valence-electron chi connectivity index (χ0n) is 17.0. The molecule has 1 aliphatic rings. The lowest BCUT2D eigenvalue weighted by Gasteiger charge is -2.26. The van der Waals surface area contributed by atoms with E-state index in [1.165, 1.54) is 6.07 Å². The first-order chi connectivity index (χ1) is 14.5. The lowest BCUT2D eigenvalue weighted by Crippen LogP contribution is -2.36. The molecule has 3 aromatic rings. The third-order valence-electron chi connectivity index (χ3n) is 5.43. The highest BCUT2D eigenvalue weighted by atomic mass is 35.5. The van der Waals surface area contributed by atoms with Gasteiger partial charge >= 0.3 is 0 Å². The molecule has 7 heteroatoms. The fourth-order valence-electron chi connectivity index (χ4n) is 3.68. The van der Waals surface area contributed by atoms with Crippen molar-refractivity contribution in [3.63, 3.8) is 0 Å². The van der Waals surface area contributed by atoms with Crippen molar-refractivity contribution in [1.82, 2.24) is 14.5 Å². The van der Waals surface area contributed by atoms with E-state index in [9.17, 15) is 9.18 Å². The number of aryl methyl sites for hydroxylation is 1. The van der Waals surface area contributed by atoms with E-state index in [4.69, 9.17) is 16.3 Å². The Kier molecular flexibility index (Phi) is 5.77. The van der Waals surface area contributed by atoms with Gasteiger partial charge < -0.3 is 9.64 Å². The van der Waals surface area contributed by atoms with Gasteiger partial charge in [0.25, 0.3) is 5.91 Å². The summed E-state index contributed by atoms with van der Waals surface area (Å²) in [7, 11) is 1.59. The van der Waals surface area contributed by atoms with Crippen LogP contribution in [0.1, 0.15) is 35.3 Å². The van der Waals surface area contributed by atoms with Gasteiger partial charge in [-0.1, -0.05) is 23.7 Å². The van der Waals surface area contributed by atoms with Gasteiger partial charge in [0.15, 0.2) is 5.69 Å². The summed E-state index contributed by atoms with van der Waals surface area (Å²) < 4.78 is 21.2. The third kappa shape index (κ3) is 3.79. The number of ether oxygens (including phenoxy) is 1. The van der Waals surface area contributed by atoms with E-state index in [0.29, 0.717) is 41.5 Å². The summed E-state index contributed by atoms with van der Waals surface area (Å²) in [4.78, 5) is 19.5. The van der Waals surface area contributed by atoms with E-state index in [0.717, 1.165) is 19.3 Å². The van der Waals surface area contributed by atoms with Gasteiger partial charge in [-0.05, 0) is 62.1 Å². The van der Waals surface area contributed by atoms with Gasteiger partial charge in [-0.25, -0.2) is 9.37 Å². The summed E-state index contributed by atoms with van der Waals surface area (Å²) in [6.45, 7) is 3.09. The molecule has 1 saturated heterocycles. The number of imidazole rings is 1. The molecular formula is C23H23ClFN3O2. The van der Waals surface area contributed by atoms with Gasteiger partial charge in [-0.15, -0.1) is 0 Å². The van der Waals surface area contributed by atoms with Crippen molar-refractivity contribution >= 4 is 17.5 Å². The fraction of sp³-hybridized carbons (Fsp3) is 0.304. The highest BCUT2D eigenvalue weighted by Crippen LogP contribution is 2.32. The van der Waals surface area contributed by atoms with Gasteiger partial charge in [0.1, 0.15) is 22.5 Å². The van der Waals surface area contributed by atoms with Gasteiger partial charge in [0.05, 0.1) is 7.11 Å². The Morgan fingerprint density at radius 1 is 1.10 bits per heavy atom. The smallest absolute Gasteiger partial charge is 0.275 e. The highest BCUT2D eigenvalue weighted by Gasteiger charge is 2.27. The van der Waals surface area contributed by atoms with Gasteiger partial charge in [0.2, 0.25) is 0 Å². The number of hydrogen-bond acceptors (Lipinski definition) is 3. The van der Waals surface area contributed by atoms with Crippen LogP contribution in [0, 0.1) is 12.7 Å². The zero-order chi connectivity index (χ0) is 21.3. The van der Waals surface area contributed by atoms with Crippen molar-refractivity contribution in [2.24, 2.45) is 0 Å². The Hall–Kier alpha value is -2.86. The van der Waals surface area contributed by atoms with Gasteiger partial charge in [0, 0.05) is 24.3 Å². The molecule has 0 saturated carbocycles. The number of likely N-dealkylation sites (tertiary alicyclic amines) is 1. The highest BCUT2D eigenvalue weighted by molar-refractivity contribution is 6.33. The molecule has 0 bridgehead atoms. The van der Waals surface area contributed by atoms with Crippen LogP contribution < -0.4 is 4.74 Å². The summed E-state index contributed by atoms with van der Waals surface area (Å²) in [5.41, 5.74) is 1.98. The second-order valence-corrected chi connectivity index (χ2v) is 7.78. The van der Waals surface area contributed by atoms with Crippen molar-refractivity contribution in [2.45, 2.75) is 26.2 Å². The van der Waals surface area contributed by atoms with E-state index in [1.54, 1.807) is 47.8 Å². The van der Waals surface area contributed by atoms with Crippen molar-refractivity contribution < 1.29 is 13.9 Å². The molecule has 1 aromatic heterocycles. The van der Waals surface area contributed by atoms with Crippen LogP contribution >= 0.6 is 11.6 Å². The normalized spacial score (nSPS) is 14.1. The standard InChI is InChI=1S/C23H23ClFN3O2/c1-15-6-7-16(14-19(15)25)22-26-20(23(29)27-12-4-3-5-13-27)21(24)28(22)17-8-10-18(30-2)11-9-17/h6-11,14H,3-5,12-13H2,1-2H3. The monoisotopic (exact) mass is 427 g/mol. The van der Waals surface area contributed by atoms with E-state index in [2.05, 4.69) is 4.98 Å². The van der Waals surface area contributed by atoms with E-state index < -0.39 is 0 Å². The van der Waals surface area contributed by atoms with Crippen molar-refractivity contribution in [1.29, 1.82) is 0 Å². The quantitative estimate of drug-likeness (QED) is 0.569. The van der Waals surface area contributed by atoms with E-state index >= 15 is 0 Å². The first kappa shape index (κ1) is 20.4. The number of halogens is 2. The van der Waals surface area contributed by atoms with Crippen LogP contribution in [0.2, 0.25) is 5.15 Å². The summed E-state index contributed by atoms with van der Waals surface area (Å²) >= 11 is 6.70. The summed E-state index contributed by atoms with van der Waals surface area (Å²) in [5.74, 6) is 0.588. The lowest BCUT2D eigenvalue weighted by molar-refractivity contribution is 0.0719. The molecule has 0 radical (unpaired) electrons. The summed E-state index contributed by atoms with van der Waals surface area (Å²) in [5, 5.41) is 0.215. The molecule has 5 nitrogen and oxygen atoms in total. The Balaban J connectivity index is 1.85. The summed E-state index contributed by atoms with van der Waals surface area (Å²) in [6.07, 6.45) is 3.06. The minimum absolute atomic E-state index is 0.186. The number of piperidine rings is 1. The van der Waals surface area contributed by atoms with Crippen molar-refractivity contribution in [3.8, 4) is 22.8 Å². The summed E-state index contributed by atoms with van der Waals surface area (Å²) in [6, 6.07) is 12.2. The molecule has 0 unspecified atom stereocenters. The molecule has 0 aliphatic carbocycles. The first-order valence-corrected chi connectivity index (χ1v) is 10.4. The average Bonchev–Trinajstić information content (AvgIpc) is 3.12. The van der Waals surface area contributed by atoms with Crippen LogP contribution in [0.5, 0.6) is 5.75 Å². The van der Waals surface area contributed by atoms with Crippen LogP contribution in [0.4, 0.5) is 4.39 Å². The number of nitrogens with zero attached hydrogens (tertiary/aromatic N) is 3. The second kappa shape index (κ2) is 8.48. The zero-order valence-corrected chi connectivity index (χ0v) is 17.7. The number of hydrogen-bond donors (Lipinski definition) is 0. The lowest BCUT2D eigenvalue weighted by atomic mass is 10.1. The maximum atomic E-state index is 14.3. The number of rotatable bonds is 4. The Morgan fingerprint density at radius 3 is 2.43 bits per heavy atom. The average molecular weight is 428 g/mol. The number of aromatic nitrogens is 2. The number of amides is 1. The molecule has 1 fully saturated rings. The molecule has 1 aliphatic heterocycles. The molecule has 2 heterocycles. The number of benzene rings is 2. The van der Waals surface area contributed by atoms with Crippen LogP contribution in [-0.2, 0) is 0 Å². The van der Waals surface area contributed by atoms with Crippen LogP contribution in [-0.4, -0.2) is 40.6 Å². The molecule has 0 N–H and O–H groups in total. The molecule has 2 aromatic carbocycles. The minimum atomic E-state index is -0.336. The molecule has 1 amide bonds. The van der Waals surface area contributed by atoms with Crippen molar-refractivity contribution in [2.75, 3.05) is 20.2 Å². The predicted octanol–water partition coefficient (Wildman–Crippen LogP) is 5.27. The second-order valence-electron chi connectivity index (χ2n) is 7.43. The topological polar surface area (TPSA) is 47.4 Å². The van der Waals surface area contributed by atoms with E-state index in [-0.39, 0.29) is 22.6 Å². The maximum Gasteiger partial charge on any atom is 0.275 e. The van der Waals surface area contributed by atoms with Gasteiger partial charge in [-0.3, -0.25) is 9.36 Å². The Bertz CT molecular complexity index is 1070. The molecule has 156 valence electrons. The van der Waals surface area contributed by atoms with E-state index in [1.807, 2.05) is 12.1 Å². The van der Waals surface area contributed by atoms with Crippen molar-refractivity contribution in [3.05, 3.63) is 64.7 Å². The molecule has 0 atom stereocenters. The molecule has 0 spiro atoms. The molecular weight excluding hydrogens is 405 g/mol. The van der Waals surface area contributed by atoms with Crippen LogP contribution in [0.25, 0.3) is 17.1 Å². The molecule has 30 heavy (non-hydrogen) atoms.